The summed E-state index contributed by atoms with van der Waals surface area (Å²) >= 11 is 0. The van der Waals surface area contributed by atoms with Crippen LogP contribution in [0.5, 0.6) is 0 Å². The molecule has 0 bridgehead atoms. The molecule has 1 fully saturated rings. The van der Waals surface area contributed by atoms with Crippen LogP contribution in [0, 0.1) is 5.82 Å². The van der Waals surface area contributed by atoms with E-state index in [2.05, 4.69) is 9.97 Å². The van der Waals surface area contributed by atoms with Gasteiger partial charge in [0.25, 0.3) is 5.91 Å². The zero-order chi connectivity index (χ0) is 23.0. The molecule has 2 aromatic heterocycles. The molecule has 0 spiro atoms. The molecular formula is C21H22F4N6O. The number of halogens is 4. The second-order valence-corrected chi connectivity index (χ2v) is 7.88. The normalized spacial score (nSPS) is 15.9. The lowest BCUT2D eigenvalue weighted by Gasteiger charge is -2.34. The Kier molecular flexibility index (Phi) is 5.76. The fourth-order valence-corrected chi connectivity index (χ4v) is 3.81. The van der Waals surface area contributed by atoms with Crippen molar-refractivity contribution in [2.24, 2.45) is 5.73 Å². The second kappa shape index (κ2) is 8.38. The number of nitrogens with two attached hydrogens (primary N) is 1. The van der Waals surface area contributed by atoms with Crippen LogP contribution in [0.15, 0.2) is 36.8 Å². The molecule has 1 aliphatic heterocycles. The van der Waals surface area contributed by atoms with E-state index in [1.807, 2.05) is 11.5 Å². The third kappa shape index (κ3) is 4.38. The highest BCUT2D eigenvalue weighted by atomic mass is 19.4. The Hall–Kier alpha value is -3.21. The standard InChI is InChI=1S/C21H22F4N6O/c1-13(26)11-31-12-17(16-8-15(22)2-3-18(16)31)19(32)29-4-6-30(7-5-29)20-27-9-14(10-28-20)21(23,24)25/h2-3,8-10,12-13H,4-7,11,26H2,1H3/t13-/m0/s1. The minimum Gasteiger partial charge on any atom is -0.345 e. The molecule has 11 heteroatoms. The van der Waals surface area contributed by atoms with E-state index < -0.39 is 17.6 Å². The molecule has 1 saturated heterocycles. The molecule has 1 aromatic carbocycles. The summed E-state index contributed by atoms with van der Waals surface area (Å²) < 4.78 is 53.8. The van der Waals surface area contributed by atoms with Crippen LogP contribution in [0.4, 0.5) is 23.5 Å². The molecule has 0 unspecified atom stereocenters. The van der Waals surface area contributed by atoms with Gasteiger partial charge in [-0.1, -0.05) is 0 Å². The maximum Gasteiger partial charge on any atom is 0.419 e. The summed E-state index contributed by atoms with van der Waals surface area (Å²) in [5, 5.41) is 0.518. The minimum atomic E-state index is -4.50. The molecule has 2 N–H and O–H groups in total. The second-order valence-electron chi connectivity index (χ2n) is 7.88. The molecule has 0 saturated carbocycles. The molecule has 3 aromatic rings. The van der Waals surface area contributed by atoms with Gasteiger partial charge in [-0.25, -0.2) is 14.4 Å². The summed E-state index contributed by atoms with van der Waals surface area (Å²) in [5.74, 6) is -0.493. The molecule has 3 heterocycles. The van der Waals surface area contributed by atoms with E-state index >= 15 is 0 Å². The smallest absolute Gasteiger partial charge is 0.345 e. The molecule has 0 aliphatic carbocycles. The Balaban J connectivity index is 1.50. The summed E-state index contributed by atoms with van der Waals surface area (Å²) in [6.45, 7) is 3.72. The van der Waals surface area contributed by atoms with Gasteiger partial charge in [-0.15, -0.1) is 0 Å². The molecular weight excluding hydrogens is 428 g/mol. The molecule has 170 valence electrons. The number of carbonyl (C=O) groups excluding carboxylic acids is 1. The maximum atomic E-state index is 13.9. The van der Waals surface area contributed by atoms with Gasteiger partial charge in [0.05, 0.1) is 11.1 Å². The fourth-order valence-electron chi connectivity index (χ4n) is 3.81. The number of aromatic nitrogens is 3. The van der Waals surface area contributed by atoms with Crippen LogP contribution in [0.25, 0.3) is 10.9 Å². The lowest BCUT2D eigenvalue weighted by molar-refractivity contribution is -0.138. The van der Waals surface area contributed by atoms with Crippen LogP contribution in [0.1, 0.15) is 22.8 Å². The molecule has 1 amide bonds. The van der Waals surface area contributed by atoms with E-state index in [9.17, 15) is 22.4 Å². The van der Waals surface area contributed by atoms with Gasteiger partial charge >= 0.3 is 6.18 Å². The Labute approximate surface area is 181 Å². The van der Waals surface area contributed by atoms with E-state index in [0.29, 0.717) is 43.7 Å². The van der Waals surface area contributed by atoms with Gasteiger partial charge < -0.3 is 20.1 Å². The monoisotopic (exact) mass is 450 g/mol. The molecule has 1 aliphatic rings. The van der Waals surface area contributed by atoms with Gasteiger partial charge in [-0.2, -0.15) is 13.2 Å². The molecule has 4 rings (SSSR count). The number of rotatable bonds is 4. The summed E-state index contributed by atoms with van der Waals surface area (Å²) in [6.07, 6.45) is -1.30. The number of alkyl halides is 3. The van der Waals surface area contributed by atoms with Crippen LogP contribution in [0.3, 0.4) is 0 Å². The number of piperazine rings is 1. The minimum absolute atomic E-state index is 0.147. The van der Waals surface area contributed by atoms with Crippen molar-refractivity contribution in [3.63, 3.8) is 0 Å². The SMILES string of the molecule is C[C@H](N)Cn1cc(C(=O)N2CCN(c3ncc(C(F)(F)F)cn3)CC2)c2cc(F)ccc21. The van der Waals surface area contributed by atoms with Crippen molar-refractivity contribution < 1.29 is 22.4 Å². The summed E-state index contributed by atoms with van der Waals surface area (Å²) in [7, 11) is 0. The third-order valence-corrected chi connectivity index (χ3v) is 5.37. The number of hydrogen-bond donors (Lipinski definition) is 1. The summed E-state index contributed by atoms with van der Waals surface area (Å²) in [4.78, 5) is 24.2. The van der Waals surface area contributed by atoms with Crippen molar-refractivity contribution in [3.05, 3.63) is 53.7 Å². The topological polar surface area (TPSA) is 80.3 Å². The lowest BCUT2D eigenvalue weighted by atomic mass is 10.1. The van der Waals surface area contributed by atoms with Gasteiger partial charge in [-0.05, 0) is 25.1 Å². The number of carbonyl (C=O) groups is 1. The van der Waals surface area contributed by atoms with Gasteiger partial charge in [0, 0.05) is 68.3 Å². The summed E-state index contributed by atoms with van der Waals surface area (Å²) in [6, 6.07) is 4.17. The van der Waals surface area contributed by atoms with E-state index in [1.165, 1.54) is 12.1 Å². The highest BCUT2D eigenvalue weighted by Crippen LogP contribution is 2.29. The van der Waals surface area contributed by atoms with Gasteiger partial charge in [0.1, 0.15) is 5.82 Å². The number of benzene rings is 1. The molecule has 32 heavy (non-hydrogen) atoms. The number of fused-ring (bicyclic) bond motifs is 1. The summed E-state index contributed by atoms with van der Waals surface area (Å²) in [5.41, 5.74) is 6.11. The highest BCUT2D eigenvalue weighted by Gasteiger charge is 2.32. The Morgan fingerprint density at radius 1 is 1.16 bits per heavy atom. The lowest BCUT2D eigenvalue weighted by Crippen LogP contribution is -2.49. The third-order valence-electron chi connectivity index (χ3n) is 5.37. The van der Waals surface area contributed by atoms with Crippen molar-refractivity contribution in [1.82, 2.24) is 19.4 Å². The predicted molar refractivity (Wildman–Crippen MR) is 111 cm³/mol. The van der Waals surface area contributed by atoms with E-state index in [4.69, 9.17) is 5.73 Å². The van der Waals surface area contributed by atoms with Crippen molar-refractivity contribution in [2.45, 2.75) is 25.7 Å². The highest BCUT2D eigenvalue weighted by molar-refractivity contribution is 6.07. The average Bonchev–Trinajstić information content (AvgIpc) is 3.09. The average molecular weight is 450 g/mol. The van der Waals surface area contributed by atoms with E-state index in [0.717, 1.165) is 17.9 Å². The van der Waals surface area contributed by atoms with Gasteiger partial charge in [0.15, 0.2) is 0 Å². The predicted octanol–water partition coefficient (Wildman–Crippen LogP) is 2.90. The Morgan fingerprint density at radius 2 is 1.81 bits per heavy atom. The first-order chi connectivity index (χ1) is 15.1. The van der Waals surface area contributed by atoms with Crippen LogP contribution in [-0.2, 0) is 12.7 Å². The molecule has 7 nitrogen and oxygen atoms in total. The van der Waals surface area contributed by atoms with Gasteiger partial charge in [-0.3, -0.25) is 4.79 Å². The van der Waals surface area contributed by atoms with Crippen LogP contribution < -0.4 is 10.6 Å². The molecule has 0 radical (unpaired) electrons. The Bertz CT molecular complexity index is 1120. The van der Waals surface area contributed by atoms with Crippen molar-refractivity contribution in [2.75, 3.05) is 31.1 Å². The largest absolute Gasteiger partial charge is 0.419 e. The molecule has 1 atom stereocenters. The Morgan fingerprint density at radius 3 is 2.41 bits per heavy atom. The van der Waals surface area contributed by atoms with Crippen LogP contribution in [0.2, 0.25) is 0 Å². The van der Waals surface area contributed by atoms with E-state index in [-0.39, 0.29) is 17.9 Å². The zero-order valence-corrected chi connectivity index (χ0v) is 17.3. The van der Waals surface area contributed by atoms with Gasteiger partial charge in [0.2, 0.25) is 5.95 Å². The van der Waals surface area contributed by atoms with Crippen molar-refractivity contribution in [3.8, 4) is 0 Å². The zero-order valence-electron chi connectivity index (χ0n) is 17.3. The quantitative estimate of drug-likeness (QED) is 0.619. The number of hydrogen-bond acceptors (Lipinski definition) is 5. The van der Waals surface area contributed by atoms with Crippen LogP contribution in [-0.4, -0.2) is 57.6 Å². The van der Waals surface area contributed by atoms with E-state index in [1.54, 1.807) is 22.1 Å². The fraction of sp³-hybridized carbons (Fsp3) is 0.381. The number of anilines is 1. The maximum absolute atomic E-state index is 13.9. The van der Waals surface area contributed by atoms with Crippen molar-refractivity contribution >= 4 is 22.8 Å². The van der Waals surface area contributed by atoms with Crippen LogP contribution >= 0.6 is 0 Å². The first-order valence-corrected chi connectivity index (χ1v) is 10.1. The number of nitrogens with zero attached hydrogens (tertiary/aromatic N) is 5. The number of amides is 1. The first kappa shape index (κ1) is 22.0. The first-order valence-electron chi connectivity index (χ1n) is 10.1. The van der Waals surface area contributed by atoms with Crippen molar-refractivity contribution in [1.29, 1.82) is 0 Å².